The van der Waals surface area contributed by atoms with Crippen LogP contribution in [0.15, 0.2) is 17.5 Å². The van der Waals surface area contributed by atoms with Crippen LogP contribution in [0.4, 0.5) is 0 Å². The van der Waals surface area contributed by atoms with Gasteiger partial charge in [-0.05, 0) is 29.7 Å². The minimum atomic E-state index is -0.483. The Morgan fingerprint density at radius 3 is 2.90 bits per heavy atom. The van der Waals surface area contributed by atoms with Crippen molar-refractivity contribution < 1.29 is 14.9 Å². The van der Waals surface area contributed by atoms with Gasteiger partial charge >= 0.3 is 0 Å². The van der Waals surface area contributed by atoms with E-state index in [0.717, 1.165) is 19.4 Å². The van der Waals surface area contributed by atoms with Gasteiger partial charge in [0.15, 0.2) is 0 Å². The van der Waals surface area contributed by atoms with Crippen molar-refractivity contribution >= 4 is 11.3 Å². The number of rotatable bonds is 11. The molecule has 0 saturated heterocycles. The van der Waals surface area contributed by atoms with E-state index in [0.29, 0.717) is 19.8 Å². The minimum absolute atomic E-state index is 0.139. The second-order valence-corrected chi connectivity index (χ2v) is 6.90. The predicted molar refractivity (Wildman–Crippen MR) is 83.0 cm³/mol. The topological polar surface area (TPSA) is 61.7 Å². The van der Waals surface area contributed by atoms with Crippen molar-refractivity contribution in [2.75, 3.05) is 26.3 Å². The van der Waals surface area contributed by atoms with Crippen LogP contribution < -0.4 is 5.32 Å². The highest BCUT2D eigenvalue weighted by molar-refractivity contribution is 7.09. The lowest BCUT2D eigenvalue weighted by Crippen LogP contribution is -2.36. The molecule has 1 aromatic rings. The molecule has 1 aromatic heterocycles. The van der Waals surface area contributed by atoms with E-state index >= 15 is 0 Å². The summed E-state index contributed by atoms with van der Waals surface area (Å²) in [6.07, 6.45) is 1.31. The summed E-state index contributed by atoms with van der Waals surface area (Å²) in [4.78, 5) is 1.18. The third kappa shape index (κ3) is 7.97. The molecule has 4 nitrogen and oxygen atoms in total. The zero-order valence-corrected chi connectivity index (χ0v) is 13.3. The first-order valence-corrected chi connectivity index (χ1v) is 8.01. The monoisotopic (exact) mass is 301 g/mol. The molecular weight excluding hydrogens is 274 g/mol. The standard InChI is InChI=1S/C15H27NO3S/c1-15(2,6-4-7-17)12-16-9-13(18)10-19-11-14-5-3-8-20-14/h3,5,8,13,16-18H,4,6-7,9-12H2,1-2H3. The van der Waals surface area contributed by atoms with E-state index in [4.69, 9.17) is 9.84 Å². The van der Waals surface area contributed by atoms with E-state index in [1.807, 2.05) is 17.5 Å². The molecule has 3 N–H and O–H groups in total. The molecule has 0 aliphatic carbocycles. The van der Waals surface area contributed by atoms with Crippen molar-refractivity contribution in [2.45, 2.75) is 39.4 Å². The molecule has 0 saturated carbocycles. The molecule has 0 fully saturated rings. The van der Waals surface area contributed by atoms with Crippen molar-refractivity contribution in [3.05, 3.63) is 22.4 Å². The fourth-order valence-corrected chi connectivity index (χ4v) is 2.61. The number of ether oxygens (including phenoxy) is 1. The Bertz CT molecular complexity index is 341. The number of aliphatic hydroxyl groups is 2. The molecule has 116 valence electrons. The normalized spacial score (nSPS) is 13.6. The van der Waals surface area contributed by atoms with Gasteiger partial charge in [-0.15, -0.1) is 11.3 Å². The van der Waals surface area contributed by atoms with Crippen LogP contribution in [0, 0.1) is 5.41 Å². The lowest BCUT2D eigenvalue weighted by Gasteiger charge is -2.25. The molecule has 0 spiro atoms. The number of nitrogens with one attached hydrogen (secondary N) is 1. The molecule has 0 amide bonds. The summed E-state index contributed by atoms with van der Waals surface area (Å²) in [5, 5.41) is 24.0. The van der Waals surface area contributed by atoms with Gasteiger partial charge in [0.05, 0.1) is 19.3 Å². The van der Waals surface area contributed by atoms with E-state index in [9.17, 15) is 5.11 Å². The molecule has 1 rings (SSSR count). The fraction of sp³-hybridized carbons (Fsp3) is 0.733. The second kappa shape index (κ2) is 9.47. The number of thiophene rings is 1. The lowest BCUT2D eigenvalue weighted by molar-refractivity contribution is 0.0287. The molecule has 0 aliphatic rings. The molecule has 1 heterocycles. The Morgan fingerprint density at radius 2 is 2.25 bits per heavy atom. The molecular formula is C15H27NO3S. The van der Waals surface area contributed by atoms with Gasteiger partial charge in [0.2, 0.25) is 0 Å². The summed E-state index contributed by atoms with van der Waals surface area (Å²) >= 11 is 1.66. The van der Waals surface area contributed by atoms with E-state index in [-0.39, 0.29) is 12.0 Å². The van der Waals surface area contributed by atoms with Gasteiger partial charge in [-0.1, -0.05) is 19.9 Å². The van der Waals surface area contributed by atoms with Crippen LogP contribution >= 0.6 is 11.3 Å². The molecule has 0 aromatic carbocycles. The third-order valence-electron chi connectivity index (χ3n) is 3.13. The zero-order chi connectivity index (χ0) is 14.8. The first-order chi connectivity index (χ1) is 9.53. The van der Waals surface area contributed by atoms with E-state index in [2.05, 4.69) is 19.2 Å². The van der Waals surface area contributed by atoms with Gasteiger partial charge in [-0.25, -0.2) is 0 Å². The van der Waals surface area contributed by atoms with Gasteiger partial charge in [0.1, 0.15) is 0 Å². The number of hydrogen-bond donors (Lipinski definition) is 3. The van der Waals surface area contributed by atoms with Crippen molar-refractivity contribution in [2.24, 2.45) is 5.41 Å². The van der Waals surface area contributed by atoms with Crippen LogP contribution in [0.1, 0.15) is 31.6 Å². The van der Waals surface area contributed by atoms with Gasteiger partial charge in [0, 0.05) is 24.6 Å². The van der Waals surface area contributed by atoms with E-state index < -0.39 is 6.10 Å². The fourth-order valence-electron chi connectivity index (χ4n) is 1.97. The molecule has 0 aliphatic heterocycles. The van der Waals surface area contributed by atoms with E-state index in [1.165, 1.54) is 4.88 Å². The Labute approximate surface area is 125 Å². The highest BCUT2D eigenvalue weighted by Crippen LogP contribution is 2.20. The predicted octanol–water partition coefficient (Wildman–Crippen LogP) is 2.01. The van der Waals surface area contributed by atoms with Crippen LogP contribution in [0.2, 0.25) is 0 Å². The van der Waals surface area contributed by atoms with E-state index in [1.54, 1.807) is 11.3 Å². The van der Waals surface area contributed by atoms with Crippen LogP contribution in [0.25, 0.3) is 0 Å². The molecule has 1 atom stereocenters. The Morgan fingerprint density at radius 1 is 1.45 bits per heavy atom. The summed E-state index contributed by atoms with van der Waals surface area (Å²) in [6, 6.07) is 4.02. The van der Waals surface area contributed by atoms with Crippen molar-refractivity contribution in [1.82, 2.24) is 5.32 Å². The van der Waals surface area contributed by atoms with Crippen LogP contribution in [-0.2, 0) is 11.3 Å². The lowest BCUT2D eigenvalue weighted by atomic mass is 9.88. The summed E-state index contributed by atoms with van der Waals surface area (Å²) in [7, 11) is 0. The van der Waals surface area contributed by atoms with Gasteiger partial charge in [-0.3, -0.25) is 0 Å². The van der Waals surface area contributed by atoms with Crippen molar-refractivity contribution in [3.63, 3.8) is 0 Å². The van der Waals surface area contributed by atoms with Gasteiger partial charge < -0.3 is 20.3 Å². The quantitative estimate of drug-likeness (QED) is 0.585. The largest absolute Gasteiger partial charge is 0.396 e. The molecule has 20 heavy (non-hydrogen) atoms. The maximum atomic E-state index is 9.83. The Kier molecular flexibility index (Phi) is 8.33. The molecule has 0 bridgehead atoms. The second-order valence-electron chi connectivity index (χ2n) is 5.87. The molecule has 5 heteroatoms. The number of aliphatic hydroxyl groups excluding tert-OH is 2. The average Bonchev–Trinajstić information content (AvgIpc) is 2.89. The summed E-state index contributed by atoms with van der Waals surface area (Å²) in [5.74, 6) is 0. The van der Waals surface area contributed by atoms with Crippen molar-refractivity contribution in [3.8, 4) is 0 Å². The Balaban J connectivity index is 2.06. The van der Waals surface area contributed by atoms with Gasteiger partial charge in [-0.2, -0.15) is 0 Å². The van der Waals surface area contributed by atoms with Crippen LogP contribution in [0.5, 0.6) is 0 Å². The maximum absolute atomic E-state index is 9.83. The smallest absolute Gasteiger partial charge is 0.0897 e. The van der Waals surface area contributed by atoms with Crippen LogP contribution in [-0.4, -0.2) is 42.6 Å². The third-order valence-corrected chi connectivity index (χ3v) is 3.98. The minimum Gasteiger partial charge on any atom is -0.396 e. The zero-order valence-electron chi connectivity index (χ0n) is 12.5. The van der Waals surface area contributed by atoms with Crippen molar-refractivity contribution in [1.29, 1.82) is 0 Å². The molecule has 1 unspecified atom stereocenters. The summed E-state index contributed by atoms with van der Waals surface area (Å²) in [6.45, 7) is 6.84. The maximum Gasteiger partial charge on any atom is 0.0897 e. The first kappa shape index (κ1) is 17.6. The summed E-state index contributed by atoms with van der Waals surface area (Å²) < 4.78 is 5.47. The first-order valence-electron chi connectivity index (χ1n) is 7.13. The number of hydrogen-bond acceptors (Lipinski definition) is 5. The molecule has 0 radical (unpaired) electrons. The SMILES string of the molecule is CC(C)(CCCO)CNCC(O)COCc1cccs1. The summed E-state index contributed by atoms with van der Waals surface area (Å²) in [5.41, 5.74) is 0.139. The van der Waals surface area contributed by atoms with Gasteiger partial charge in [0.25, 0.3) is 0 Å². The highest BCUT2D eigenvalue weighted by atomic mass is 32.1. The Hall–Kier alpha value is -0.460. The van der Waals surface area contributed by atoms with Crippen LogP contribution in [0.3, 0.4) is 0 Å². The average molecular weight is 301 g/mol. The highest BCUT2D eigenvalue weighted by Gasteiger charge is 2.17.